The molecule has 7 nitrogen and oxygen atoms in total. The van der Waals surface area contributed by atoms with E-state index in [1.807, 2.05) is 31.2 Å². The van der Waals surface area contributed by atoms with E-state index in [0.717, 1.165) is 11.3 Å². The van der Waals surface area contributed by atoms with Crippen molar-refractivity contribution < 1.29 is 13.2 Å². The first-order valence-corrected chi connectivity index (χ1v) is 9.79. The average molecular weight is 360 g/mol. The number of sulfone groups is 1. The van der Waals surface area contributed by atoms with Crippen LogP contribution < -0.4 is 5.32 Å². The summed E-state index contributed by atoms with van der Waals surface area (Å²) in [6, 6.07) is 9.07. The van der Waals surface area contributed by atoms with Crippen LogP contribution in [0, 0.1) is 6.92 Å². The fourth-order valence-electron chi connectivity index (χ4n) is 2.84. The summed E-state index contributed by atoms with van der Waals surface area (Å²) in [4.78, 5) is 22.2. The Morgan fingerprint density at radius 1 is 1.28 bits per heavy atom. The van der Waals surface area contributed by atoms with Gasteiger partial charge in [-0.3, -0.25) is 4.79 Å². The molecule has 1 aliphatic rings. The van der Waals surface area contributed by atoms with E-state index in [2.05, 4.69) is 15.3 Å². The van der Waals surface area contributed by atoms with Gasteiger partial charge in [-0.05, 0) is 31.0 Å². The van der Waals surface area contributed by atoms with Gasteiger partial charge >= 0.3 is 0 Å². The van der Waals surface area contributed by atoms with Crippen LogP contribution in [0.2, 0.25) is 0 Å². The molecule has 2 aromatic rings. The van der Waals surface area contributed by atoms with Crippen molar-refractivity contribution >= 4 is 27.2 Å². The van der Waals surface area contributed by atoms with Gasteiger partial charge in [0, 0.05) is 24.8 Å². The Morgan fingerprint density at radius 2 is 2.08 bits per heavy atom. The molecule has 1 aromatic heterocycles. The number of hydrogen-bond acceptors (Lipinski definition) is 6. The second-order valence-electron chi connectivity index (χ2n) is 6.26. The normalized spacial score (nSPS) is 18.7. The molecule has 1 unspecified atom stereocenters. The van der Waals surface area contributed by atoms with Gasteiger partial charge in [0.15, 0.2) is 9.84 Å². The van der Waals surface area contributed by atoms with Crippen molar-refractivity contribution in [1.82, 2.24) is 14.9 Å². The molecule has 25 heavy (non-hydrogen) atoms. The maximum Gasteiger partial charge on any atom is 0.272 e. The summed E-state index contributed by atoms with van der Waals surface area (Å²) in [5.74, 6) is 0.335. The van der Waals surface area contributed by atoms with Crippen molar-refractivity contribution in [3.8, 4) is 0 Å². The Kier molecular flexibility index (Phi) is 4.71. The number of amides is 1. The predicted octanol–water partition coefficient (Wildman–Crippen LogP) is 1.79. The molecular weight excluding hydrogens is 340 g/mol. The number of nitrogens with zero attached hydrogens (tertiary/aromatic N) is 3. The van der Waals surface area contributed by atoms with Crippen molar-refractivity contribution in [2.75, 3.05) is 23.9 Å². The standard InChI is InChI=1S/C17H20N4O3S/c1-12-4-3-5-13(8-12)20-16-9-15(18-11-19-16)17(22)21(2)14-6-7-25(23,24)10-14/h3-5,8-9,11,14H,6-7,10H2,1-2H3,(H,18,19,20). The summed E-state index contributed by atoms with van der Waals surface area (Å²) in [6.45, 7) is 1.99. The quantitative estimate of drug-likeness (QED) is 0.894. The van der Waals surface area contributed by atoms with Crippen LogP contribution in [-0.2, 0) is 9.84 Å². The Morgan fingerprint density at radius 3 is 2.76 bits per heavy atom. The predicted molar refractivity (Wildman–Crippen MR) is 95.6 cm³/mol. The van der Waals surface area contributed by atoms with Gasteiger partial charge < -0.3 is 10.2 Å². The molecule has 1 aliphatic heterocycles. The fraction of sp³-hybridized carbons (Fsp3) is 0.353. The van der Waals surface area contributed by atoms with Crippen LogP contribution in [0.4, 0.5) is 11.5 Å². The minimum Gasteiger partial charge on any atom is -0.340 e. The summed E-state index contributed by atoms with van der Waals surface area (Å²) in [5, 5.41) is 3.14. The molecule has 8 heteroatoms. The van der Waals surface area contributed by atoms with Crippen LogP contribution >= 0.6 is 0 Å². The molecule has 0 bridgehead atoms. The second kappa shape index (κ2) is 6.79. The molecule has 0 saturated carbocycles. The molecule has 1 atom stereocenters. The minimum atomic E-state index is -3.05. The number of hydrogen-bond donors (Lipinski definition) is 1. The molecule has 1 N–H and O–H groups in total. The molecule has 1 aromatic carbocycles. The van der Waals surface area contributed by atoms with Crippen molar-refractivity contribution in [3.63, 3.8) is 0 Å². The van der Waals surface area contributed by atoms with Gasteiger partial charge in [0.2, 0.25) is 0 Å². The number of aryl methyl sites for hydroxylation is 1. The van der Waals surface area contributed by atoms with Crippen molar-refractivity contribution in [2.24, 2.45) is 0 Å². The van der Waals surface area contributed by atoms with E-state index >= 15 is 0 Å². The van der Waals surface area contributed by atoms with Crippen molar-refractivity contribution in [3.05, 3.63) is 47.9 Å². The monoisotopic (exact) mass is 360 g/mol. The zero-order valence-corrected chi connectivity index (χ0v) is 15.0. The number of aromatic nitrogens is 2. The lowest BCUT2D eigenvalue weighted by atomic mass is 10.2. The summed E-state index contributed by atoms with van der Waals surface area (Å²) in [6.07, 6.45) is 1.79. The third kappa shape index (κ3) is 4.14. The lowest BCUT2D eigenvalue weighted by molar-refractivity contribution is 0.0741. The summed E-state index contributed by atoms with van der Waals surface area (Å²) in [5.41, 5.74) is 2.21. The van der Waals surface area contributed by atoms with Crippen LogP contribution in [0.25, 0.3) is 0 Å². The van der Waals surface area contributed by atoms with E-state index < -0.39 is 9.84 Å². The minimum absolute atomic E-state index is 0.00865. The zero-order valence-electron chi connectivity index (χ0n) is 14.1. The van der Waals surface area contributed by atoms with Gasteiger partial charge in [-0.15, -0.1) is 0 Å². The molecule has 0 spiro atoms. The molecule has 0 radical (unpaired) electrons. The third-order valence-corrected chi connectivity index (χ3v) is 6.00. The van der Waals surface area contributed by atoms with E-state index in [9.17, 15) is 13.2 Å². The molecule has 1 saturated heterocycles. The first-order valence-electron chi connectivity index (χ1n) is 7.97. The van der Waals surface area contributed by atoms with Crippen LogP contribution in [0.15, 0.2) is 36.7 Å². The maximum absolute atomic E-state index is 12.6. The first-order chi connectivity index (χ1) is 11.8. The maximum atomic E-state index is 12.6. The number of carbonyl (C=O) groups excluding carboxylic acids is 1. The Labute approximate surface area is 147 Å². The van der Waals surface area contributed by atoms with Gasteiger partial charge in [-0.2, -0.15) is 0 Å². The molecule has 1 amide bonds. The molecular formula is C17H20N4O3S. The Bertz CT molecular complexity index is 898. The number of carbonyl (C=O) groups is 1. The largest absolute Gasteiger partial charge is 0.340 e. The average Bonchev–Trinajstić information content (AvgIpc) is 2.94. The fourth-order valence-corrected chi connectivity index (χ4v) is 4.62. The molecule has 0 aliphatic carbocycles. The Balaban J connectivity index is 1.75. The highest BCUT2D eigenvalue weighted by atomic mass is 32.2. The highest BCUT2D eigenvalue weighted by Crippen LogP contribution is 2.20. The number of anilines is 2. The van der Waals surface area contributed by atoms with E-state index in [0.29, 0.717) is 12.2 Å². The molecule has 2 heterocycles. The smallest absolute Gasteiger partial charge is 0.272 e. The van der Waals surface area contributed by atoms with Crippen LogP contribution in [-0.4, -0.2) is 53.8 Å². The van der Waals surface area contributed by atoms with E-state index in [1.54, 1.807) is 13.1 Å². The molecule has 132 valence electrons. The Hall–Kier alpha value is -2.48. The summed E-state index contributed by atoms with van der Waals surface area (Å²) in [7, 11) is -1.43. The zero-order chi connectivity index (χ0) is 18.0. The number of rotatable bonds is 4. The van der Waals surface area contributed by atoms with E-state index in [4.69, 9.17) is 0 Å². The van der Waals surface area contributed by atoms with Gasteiger partial charge in [-0.1, -0.05) is 12.1 Å². The summed E-state index contributed by atoms with van der Waals surface area (Å²) >= 11 is 0. The van der Waals surface area contributed by atoms with Crippen LogP contribution in [0.5, 0.6) is 0 Å². The van der Waals surface area contributed by atoms with Crippen LogP contribution in [0.3, 0.4) is 0 Å². The summed E-state index contributed by atoms with van der Waals surface area (Å²) < 4.78 is 23.2. The molecule has 3 rings (SSSR count). The highest BCUT2D eigenvalue weighted by molar-refractivity contribution is 7.91. The lowest BCUT2D eigenvalue weighted by Crippen LogP contribution is -2.38. The number of benzene rings is 1. The van der Waals surface area contributed by atoms with E-state index in [-0.39, 0.29) is 29.1 Å². The first kappa shape index (κ1) is 17.3. The highest BCUT2D eigenvalue weighted by Gasteiger charge is 2.33. The third-order valence-electron chi connectivity index (χ3n) is 4.25. The number of nitrogens with one attached hydrogen (secondary N) is 1. The van der Waals surface area contributed by atoms with Gasteiger partial charge in [0.1, 0.15) is 17.8 Å². The van der Waals surface area contributed by atoms with Crippen molar-refractivity contribution in [2.45, 2.75) is 19.4 Å². The topological polar surface area (TPSA) is 92.3 Å². The van der Waals surface area contributed by atoms with E-state index in [1.165, 1.54) is 11.2 Å². The lowest BCUT2D eigenvalue weighted by Gasteiger charge is -2.23. The van der Waals surface area contributed by atoms with Crippen molar-refractivity contribution in [1.29, 1.82) is 0 Å². The SMILES string of the molecule is Cc1cccc(Nc2cc(C(=O)N(C)C3CCS(=O)(=O)C3)ncn2)c1. The van der Waals surface area contributed by atoms with Crippen LogP contribution in [0.1, 0.15) is 22.5 Å². The van der Waals surface area contributed by atoms with Gasteiger partial charge in [0.25, 0.3) is 5.91 Å². The van der Waals surface area contributed by atoms with Gasteiger partial charge in [-0.25, -0.2) is 18.4 Å². The molecule has 1 fully saturated rings. The second-order valence-corrected chi connectivity index (χ2v) is 8.48. The van der Waals surface area contributed by atoms with Gasteiger partial charge in [0.05, 0.1) is 11.5 Å².